The van der Waals surface area contributed by atoms with Crippen molar-refractivity contribution in [3.63, 3.8) is 0 Å². The highest BCUT2D eigenvalue weighted by atomic mass is 35.5. The first kappa shape index (κ1) is 22.3. The fourth-order valence-corrected chi connectivity index (χ4v) is 3.72. The Hall–Kier alpha value is -2.94. The average molecular weight is 476 g/mol. The number of halogens is 3. The van der Waals surface area contributed by atoms with E-state index in [1.165, 1.54) is 12.1 Å². The number of nitrogens with zero attached hydrogens (tertiary/aromatic N) is 3. The van der Waals surface area contributed by atoms with Crippen molar-refractivity contribution in [1.29, 1.82) is 0 Å². The number of carbonyl (C=O) groups excluding carboxylic acids is 1. The van der Waals surface area contributed by atoms with E-state index >= 15 is 0 Å². The zero-order chi connectivity index (χ0) is 22.7. The average Bonchev–Trinajstić information content (AvgIpc) is 2.80. The SMILES string of the molecule is O=C(N[C@H](CO)c1ccc(Cl)c(F)c1)N1CCc2cnc(Nc3ccccc3Cl)nc2C1. The smallest absolute Gasteiger partial charge is 0.318 e. The second-order valence-electron chi connectivity index (χ2n) is 7.30. The van der Waals surface area contributed by atoms with E-state index in [0.29, 0.717) is 40.9 Å². The Balaban J connectivity index is 1.46. The molecule has 0 aliphatic carbocycles. The van der Waals surface area contributed by atoms with Gasteiger partial charge in [-0.3, -0.25) is 0 Å². The molecule has 166 valence electrons. The number of nitrogens with one attached hydrogen (secondary N) is 2. The zero-order valence-electron chi connectivity index (χ0n) is 16.9. The standard InChI is InChI=1S/C22H20Cl2FN5O2/c23-15-6-5-13(9-17(15)25)20(12-31)29-22(32)30-8-7-14-10-26-21(28-19(14)11-30)27-18-4-2-1-3-16(18)24/h1-6,9-10,20,31H,7-8,11-12H2,(H,29,32)(H,26,27,28)/t20-/m1/s1. The van der Waals surface area contributed by atoms with Gasteiger partial charge >= 0.3 is 6.03 Å². The third-order valence-corrected chi connectivity index (χ3v) is 5.82. The highest BCUT2D eigenvalue weighted by Gasteiger charge is 2.25. The van der Waals surface area contributed by atoms with Crippen molar-refractivity contribution >= 4 is 40.9 Å². The molecular formula is C22H20Cl2FN5O2. The zero-order valence-corrected chi connectivity index (χ0v) is 18.4. The van der Waals surface area contributed by atoms with Gasteiger partial charge in [0.2, 0.25) is 5.95 Å². The quantitative estimate of drug-likeness (QED) is 0.506. The molecule has 0 saturated carbocycles. The fraction of sp³-hybridized carbons (Fsp3) is 0.227. The minimum absolute atomic E-state index is 0.0229. The molecular weight excluding hydrogens is 456 g/mol. The fourth-order valence-electron chi connectivity index (χ4n) is 3.42. The summed E-state index contributed by atoms with van der Waals surface area (Å²) in [6.07, 6.45) is 2.33. The van der Waals surface area contributed by atoms with E-state index in [0.717, 1.165) is 5.56 Å². The van der Waals surface area contributed by atoms with Gasteiger partial charge in [0.1, 0.15) is 5.82 Å². The van der Waals surface area contributed by atoms with E-state index in [-0.39, 0.29) is 24.2 Å². The predicted octanol–water partition coefficient (Wildman–Crippen LogP) is 4.47. The molecule has 7 nitrogen and oxygen atoms in total. The molecule has 0 unspecified atom stereocenters. The number of urea groups is 1. The van der Waals surface area contributed by atoms with E-state index in [1.54, 1.807) is 23.2 Å². The van der Waals surface area contributed by atoms with Crippen LogP contribution in [0.15, 0.2) is 48.7 Å². The van der Waals surface area contributed by atoms with Gasteiger partial charge in [0.05, 0.1) is 40.6 Å². The monoisotopic (exact) mass is 475 g/mol. The second-order valence-corrected chi connectivity index (χ2v) is 8.11. The normalized spacial score (nSPS) is 13.9. The van der Waals surface area contributed by atoms with Gasteiger partial charge in [0.15, 0.2) is 0 Å². The van der Waals surface area contributed by atoms with E-state index in [2.05, 4.69) is 20.6 Å². The van der Waals surface area contributed by atoms with Crippen LogP contribution in [0, 0.1) is 5.82 Å². The summed E-state index contributed by atoms with van der Waals surface area (Å²) < 4.78 is 13.8. The minimum atomic E-state index is -0.765. The number of hydrogen-bond acceptors (Lipinski definition) is 5. The first-order valence-electron chi connectivity index (χ1n) is 9.92. The maximum Gasteiger partial charge on any atom is 0.318 e. The summed E-state index contributed by atoms with van der Waals surface area (Å²) in [5.41, 5.74) is 2.78. The third-order valence-electron chi connectivity index (χ3n) is 5.18. The van der Waals surface area contributed by atoms with E-state index in [9.17, 15) is 14.3 Å². The van der Waals surface area contributed by atoms with Gasteiger partial charge in [-0.2, -0.15) is 0 Å². The van der Waals surface area contributed by atoms with Crippen LogP contribution >= 0.6 is 23.2 Å². The number of aliphatic hydroxyl groups excluding tert-OH is 1. The van der Waals surface area contributed by atoms with Crippen molar-refractivity contribution in [2.75, 3.05) is 18.5 Å². The molecule has 1 aliphatic rings. The summed E-state index contributed by atoms with van der Waals surface area (Å²) in [5, 5.41) is 16.1. The Morgan fingerprint density at radius 3 is 2.78 bits per heavy atom. The van der Waals surface area contributed by atoms with Crippen LogP contribution in [0.4, 0.5) is 20.8 Å². The van der Waals surface area contributed by atoms with Gasteiger partial charge in [0.25, 0.3) is 0 Å². The van der Waals surface area contributed by atoms with E-state index in [1.807, 2.05) is 18.2 Å². The predicted molar refractivity (Wildman–Crippen MR) is 121 cm³/mol. The molecule has 3 N–H and O–H groups in total. The Morgan fingerprint density at radius 1 is 1.22 bits per heavy atom. The Bertz CT molecular complexity index is 1150. The number of aliphatic hydroxyl groups is 1. The molecule has 2 heterocycles. The lowest BCUT2D eigenvalue weighted by Gasteiger charge is -2.30. The molecule has 0 spiro atoms. The molecule has 10 heteroatoms. The van der Waals surface area contributed by atoms with Crippen LogP contribution in [0.1, 0.15) is 22.9 Å². The van der Waals surface area contributed by atoms with Crippen molar-refractivity contribution in [3.05, 3.63) is 81.3 Å². The minimum Gasteiger partial charge on any atom is -0.394 e. The number of anilines is 2. The lowest BCUT2D eigenvalue weighted by Crippen LogP contribution is -2.45. The topological polar surface area (TPSA) is 90.4 Å². The van der Waals surface area contributed by atoms with E-state index < -0.39 is 11.9 Å². The van der Waals surface area contributed by atoms with Gasteiger partial charge in [-0.25, -0.2) is 19.2 Å². The maximum absolute atomic E-state index is 13.8. The van der Waals surface area contributed by atoms with E-state index in [4.69, 9.17) is 23.2 Å². The molecule has 0 saturated heterocycles. The second kappa shape index (κ2) is 9.68. The van der Waals surface area contributed by atoms with Crippen LogP contribution < -0.4 is 10.6 Å². The first-order valence-corrected chi connectivity index (χ1v) is 10.7. The number of aromatic nitrogens is 2. The molecule has 0 fully saturated rings. The third kappa shape index (κ3) is 4.93. The molecule has 1 aliphatic heterocycles. The number of hydrogen-bond donors (Lipinski definition) is 3. The Morgan fingerprint density at radius 2 is 2.03 bits per heavy atom. The molecule has 1 atom stereocenters. The van der Waals surface area contributed by atoms with Crippen LogP contribution in [0.3, 0.4) is 0 Å². The number of benzene rings is 2. The largest absolute Gasteiger partial charge is 0.394 e. The van der Waals surface area contributed by atoms with Crippen molar-refractivity contribution in [1.82, 2.24) is 20.2 Å². The number of carbonyl (C=O) groups is 1. The summed E-state index contributed by atoms with van der Waals surface area (Å²) in [6.45, 7) is 0.353. The maximum atomic E-state index is 13.8. The van der Waals surface area contributed by atoms with Crippen molar-refractivity contribution in [3.8, 4) is 0 Å². The van der Waals surface area contributed by atoms with Crippen LogP contribution in [0.2, 0.25) is 10.0 Å². The number of para-hydroxylation sites is 1. The van der Waals surface area contributed by atoms with Crippen LogP contribution in [0.25, 0.3) is 0 Å². The Kier molecular flexibility index (Phi) is 6.74. The van der Waals surface area contributed by atoms with Crippen LogP contribution in [0.5, 0.6) is 0 Å². The summed E-state index contributed by atoms with van der Waals surface area (Å²) in [4.78, 5) is 23.3. The summed E-state index contributed by atoms with van der Waals surface area (Å²) in [7, 11) is 0. The highest BCUT2D eigenvalue weighted by Crippen LogP contribution is 2.25. The van der Waals surface area contributed by atoms with Crippen LogP contribution in [-0.2, 0) is 13.0 Å². The van der Waals surface area contributed by atoms with Gasteiger partial charge in [-0.15, -0.1) is 0 Å². The number of rotatable bonds is 5. The molecule has 3 aromatic rings. The highest BCUT2D eigenvalue weighted by molar-refractivity contribution is 6.33. The summed E-state index contributed by atoms with van der Waals surface area (Å²) >= 11 is 11.9. The van der Waals surface area contributed by atoms with Gasteiger partial charge in [-0.05, 0) is 41.8 Å². The van der Waals surface area contributed by atoms with Crippen LogP contribution in [-0.4, -0.2) is 39.2 Å². The lowest BCUT2D eigenvalue weighted by atomic mass is 10.1. The van der Waals surface area contributed by atoms with Gasteiger partial charge in [-0.1, -0.05) is 41.4 Å². The molecule has 1 aromatic heterocycles. The lowest BCUT2D eigenvalue weighted by molar-refractivity contribution is 0.176. The molecule has 2 aromatic carbocycles. The first-order chi connectivity index (χ1) is 15.4. The van der Waals surface area contributed by atoms with Crippen molar-refractivity contribution in [2.45, 2.75) is 19.0 Å². The molecule has 2 amide bonds. The summed E-state index contributed by atoms with van der Waals surface area (Å²) in [6, 6.07) is 10.3. The van der Waals surface area contributed by atoms with Gasteiger partial charge in [0, 0.05) is 12.7 Å². The molecule has 0 bridgehead atoms. The number of amides is 2. The molecule has 0 radical (unpaired) electrons. The van der Waals surface area contributed by atoms with Crippen molar-refractivity contribution < 1.29 is 14.3 Å². The molecule has 4 rings (SSSR count). The molecule has 32 heavy (non-hydrogen) atoms. The number of fused-ring (bicyclic) bond motifs is 1. The Labute approximate surface area is 194 Å². The summed E-state index contributed by atoms with van der Waals surface area (Å²) in [5.74, 6) is -0.233. The van der Waals surface area contributed by atoms with Crippen molar-refractivity contribution in [2.24, 2.45) is 0 Å². The van der Waals surface area contributed by atoms with Gasteiger partial charge < -0.3 is 20.6 Å².